The van der Waals surface area contributed by atoms with Crippen LogP contribution in [0.2, 0.25) is 0 Å². The van der Waals surface area contributed by atoms with E-state index >= 15 is 4.39 Å². The zero-order chi connectivity index (χ0) is 52.5. The molecule has 0 spiro atoms. The number of methoxy groups -OCH3 is 4. The molecular formula is C48H56F2N8O13S2. The Balaban J connectivity index is 0.000000215. The van der Waals surface area contributed by atoms with E-state index in [0.717, 1.165) is 34.9 Å². The molecule has 4 aromatic carbocycles. The van der Waals surface area contributed by atoms with Crippen LogP contribution >= 0.6 is 0 Å². The molecule has 4 N–H and O–H groups in total. The molecule has 73 heavy (non-hydrogen) atoms. The van der Waals surface area contributed by atoms with Crippen LogP contribution in [0.1, 0.15) is 43.2 Å². The predicted octanol–water partition coefficient (Wildman–Crippen LogP) is 4.69. The molecule has 0 saturated carbocycles. The fraction of sp³-hybridized carbons (Fsp3) is 0.333. The first-order valence-electron chi connectivity index (χ1n) is 22.5. The van der Waals surface area contributed by atoms with Crippen LogP contribution < -0.4 is 24.3 Å². The Kier molecular flexibility index (Phi) is 19.8. The van der Waals surface area contributed by atoms with E-state index in [1.165, 1.54) is 33.3 Å². The number of carbonyl (C=O) groups excluding carboxylic acids is 1. The van der Waals surface area contributed by atoms with Gasteiger partial charge in [0.2, 0.25) is 15.7 Å². The van der Waals surface area contributed by atoms with Gasteiger partial charge in [-0.05, 0) is 70.8 Å². The summed E-state index contributed by atoms with van der Waals surface area (Å²) < 4.78 is 116. The number of H-pyrrole nitrogens is 2. The number of amides is 1. The van der Waals surface area contributed by atoms with Crippen molar-refractivity contribution in [3.05, 3.63) is 142 Å². The van der Waals surface area contributed by atoms with Gasteiger partial charge in [-0.1, -0.05) is 48.5 Å². The standard InChI is InChI=1S/C24H27FN4O6S.C20H20FN3O6S.C4H9NO/c1-33-19-7-3-17(4-8-19)15-29(16-18-5-9-20(34-2)10-6-18)36(31,32)23-21(25)22(26-27-23)24(30)28-11-13-35-14-12-28;1-29-15-7-3-13(4-8-15)11-24(12-14-5-9-16(30-2)10-6-14)31(27,28)19-17(21)18(20(25)26)22-23-19;1-3-6-4-2-5-1/h3-10H,11-16H2,1-2H3,(H,26,27);3-10H,11-12H2,1-2H3,(H,22,23)(H,25,26);5H,1-4H2. The molecule has 0 bridgehead atoms. The van der Waals surface area contributed by atoms with Gasteiger partial charge in [-0.2, -0.15) is 18.8 Å². The van der Waals surface area contributed by atoms with E-state index in [4.69, 9.17) is 33.5 Å². The number of sulfonamides is 2. The molecule has 2 aliphatic heterocycles. The lowest BCUT2D eigenvalue weighted by Crippen LogP contribution is -2.41. The fourth-order valence-corrected chi connectivity index (χ4v) is 9.89. The number of rotatable bonds is 18. The summed E-state index contributed by atoms with van der Waals surface area (Å²) in [5.74, 6) is -2.58. The van der Waals surface area contributed by atoms with Crippen molar-refractivity contribution in [1.29, 1.82) is 0 Å². The van der Waals surface area contributed by atoms with Gasteiger partial charge >= 0.3 is 5.97 Å². The number of halogens is 2. The normalized spacial score (nSPS) is 13.8. The Hall–Kier alpha value is -7.00. The van der Waals surface area contributed by atoms with E-state index in [1.54, 1.807) is 97.1 Å². The average molecular weight is 1060 g/mol. The number of benzene rings is 4. The minimum atomic E-state index is -4.46. The number of aromatic carboxylic acids is 1. The van der Waals surface area contributed by atoms with Gasteiger partial charge in [0.25, 0.3) is 26.0 Å². The van der Waals surface area contributed by atoms with E-state index in [2.05, 4.69) is 20.6 Å². The van der Waals surface area contributed by atoms with Crippen LogP contribution in [0.15, 0.2) is 107 Å². The van der Waals surface area contributed by atoms with Crippen molar-refractivity contribution in [1.82, 2.24) is 39.2 Å². The molecule has 2 aliphatic rings. The maximum Gasteiger partial charge on any atom is 0.359 e. The van der Waals surface area contributed by atoms with Crippen LogP contribution in [0.4, 0.5) is 8.78 Å². The molecule has 2 aromatic heterocycles. The largest absolute Gasteiger partial charge is 0.497 e. The summed E-state index contributed by atoms with van der Waals surface area (Å²) in [6, 6.07) is 27.2. The summed E-state index contributed by atoms with van der Waals surface area (Å²) in [7, 11) is -2.79. The van der Waals surface area contributed by atoms with Crippen LogP contribution in [0.25, 0.3) is 0 Å². The Labute approximate surface area is 421 Å². The van der Waals surface area contributed by atoms with Gasteiger partial charge in [0, 0.05) is 52.4 Å². The summed E-state index contributed by atoms with van der Waals surface area (Å²) in [5, 5.41) is 21.8. The average Bonchev–Trinajstić information content (AvgIpc) is 4.03. The molecular weight excluding hydrogens is 999 g/mol. The summed E-state index contributed by atoms with van der Waals surface area (Å²) in [6.45, 7) is 4.72. The fourth-order valence-electron chi connectivity index (χ4n) is 7.13. The Bertz CT molecular complexity index is 2840. The van der Waals surface area contributed by atoms with Gasteiger partial charge in [-0.3, -0.25) is 15.0 Å². The van der Waals surface area contributed by atoms with Crippen LogP contribution in [0.5, 0.6) is 23.0 Å². The first-order chi connectivity index (χ1) is 35.1. The lowest BCUT2D eigenvalue weighted by atomic mass is 10.2. The molecule has 0 aliphatic carbocycles. The topological polar surface area (TPSA) is 257 Å². The van der Waals surface area contributed by atoms with E-state index in [1.807, 2.05) is 5.10 Å². The van der Waals surface area contributed by atoms with Crippen molar-refractivity contribution in [3.63, 3.8) is 0 Å². The summed E-state index contributed by atoms with van der Waals surface area (Å²) in [4.78, 5) is 25.2. The second-order valence-corrected chi connectivity index (χ2v) is 19.7. The maximum atomic E-state index is 15.4. The first kappa shape index (κ1) is 55.3. The summed E-state index contributed by atoms with van der Waals surface area (Å²) in [6.07, 6.45) is 0. The van der Waals surface area contributed by atoms with E-state index < -0.39 is 65.0 Å². The molecule has 0 radical (unpaired) electrons. The highest BCUT2D eigenvalue weighted by molar-refractivity contribution is 7.89. The van der Waals surface area contributed by atoms with Crippen molar-refractivity contribution in [2.45, 2.75) is 36.2 Å². The molecule has 4 heterocycles. The Morgan fingerprint density at radius 3 is 1.15 bits per heavy atom. The molecule has 21 nitrogen and oxygen atoms in total. The smallest absolute Gasteiger partial charge is 0.359 e. The highest BCUT2D eigenvalue weighted by Crippen LogP contribution is 2.27. The van der Waals surface area contributed by atoms with Crippen LogP contribution in [0, 0.1) is 11.6 Å². The van der Waals surface area contributed by atoms with Gasteiger partial charge < -0.3 is 43.7 Å². The molecule has 8 rings (SSSR count). The van der Waals surface area contributed by atoms with Gasteiger partial charge in [-0.25, -0.2) is 30.4 Å². The van der Waals surface area contributed by atoms with Crippen molar-refractivity contribution in [2.75, 3.05) is 81.0 Å². The third-order valence-electron chi connectivity index (χ3n) is 11.2. The number of ether oxygens (including phenoxy) is 6. The van der Waals surface area contributed by atoms with Gasteiger partial charge in [0.15, 0.2) is 17.3 Å². The highest BCUT2D eigenvalue weighted by Gasteiger charge is 2.36. The maximum absolute atomic E-state index is 15.4. The van der Waals surface area contributed by atoms with E-state index in [-0.39, 0.29) is 39.3 Å². The van der Waals surface area contributed by atoms with Crippen molar-refractivity contribution in [3.8, 4) is 23.0 Å². The minimum Gasteiger partial charge on any atom is -0.497 e. The Morgan fingerprint density at radius 2 is 0.877 bits per heavy atom. The number of carboxylic acids is 1. The quantitative estimate of drug-likeness (QED) is 0.0911. The first-order valence-corrected chi connectivity index (χ1v) is 25.4. The minimum absolute atomic E-state index is 0.0520. The number of hydrogen-bond donors (Lipinski definition) is 4. The number of nitrogens with one attached hydrogen (secondary N) is 3. The zero-order valence-corrected chi connectivity index (χ0v) is 42.0. The number of aromatic amines is 2. The third-order valence-corrected chi connectivity index (χ3v) is 14.6. The van der Waals surface area contributed by atoms with Gasteiger partial charge in [0.05, 0.1) is 54.9 Å². The highest BCUT2D eigenvalue weighted by atomic mass is 32.2. The summed E-state index contributed by atoms with van der Waals surface area (Å²) >= 11 is 0. The van der Waals surface area contributed by atoms with E-state index in [0.29, 0.717) is 58.5 Å². The van der Waals surface area contributed by atoms with Crippen LogP contribution in [-0.2, 0) is 55.7 Å². The van der Waals surface area contributed by atoms with Gasteiger partial charge in [0.1, 0.15) is 23.0 Å². The van der Waals surface area contributed by atoms with Crippen LogP contribution in [0.3, 0.4) is 0 Å². The monoisotopic (exact) mass is 1050 g/mol. The molecule has 0 unspecified atom stereocenters. The number of aromatic nitrogens is 4. The van der Waals surface area contributed by atoms with Gasteiger partial charge in [-0.15, -0.1) is 0 Å². The van der Waals surface area contributed by atoms with Crippen molar-refractivity contribution >= 4 is 31.9 Å². The second-order valence-electron chi connectivity index (χ2n) is 15.9. The molecule has 0 atom stereocenters. The third kappa shape index (κ3) is 14.6. The number of hydrogen-bond acceptors (Lipinski definition) is 15. The number of nitrogens with zero attached hydrogens (tertiary/aromatic N) is 5. The second kappa shape index (κ2) is 26.1. The van der Waals surface area contributed by atoms with Crippen LogP contribution in [-0.4, -0.2) is 149 Å². The van der Waals surface area contributed by atoms with Crippen molar-refractivity contribution in [2.24, 2.45) is 0 Å². The van der Waals surface area contributed by atoms with E-state index in [9.17, 15) is 30.8 Å². The molecule has 1 amide bonds. The predicted molar refractivity (Wildman–Crippen MR) is 259 cm³/mol. The number of carbonyl (C=O) groups is 2. The SMILES string of the molecule is C1COCCN1.COc1ccc(CN(Cc2ccc(OC)cc2)S(=O)(=O)c2[nH]nc(C(=O)N3CCOCC3)c2F)cc1.COc1ccc(CN(Cc2ccc(OC)cc2)S(=O)(=O)c2[nH]nc(C(=O)O)c2F)cc1. The molecule has 25 heteroatoms. The molecule has 6 aromatic rings. The lowest BCUT2D eigenvalue weighted by Gasteiger charge is -2.26. The number of carboxylic acid groups (broad SMARTS) is 1. The zero-order valence-electron chi connectivity index (χ0n) is 40.4. The molecule has 2 saturated heterocycles. The molecule has 392 valence electrons. The molecule has 2 fully saturated rings. The van der Waals surface area contributed by atoms with Crippen molar-refractivity contribution < 1.29 is 68.7 Å². The lowest BCUT2D eigenvalue weighted by molar-refractivity contribution is 0.0296. The Morgan fingerprint density at radius 1 is 0.562 bits per heavy atom. The number of morpholine rings is 2. The summed E-state index contributed by atoms with van der Waals surface area (Å²) in [5.41, 5.74) is 1.01.